The molecule has 1 N–H and O–H groups in total. The second-order valence-corrected chi connectivity index (χ2v) is 5.97. The number of aryl methyl sites for hydroxylation is 1. The smallest absolute Gasteiger partial charge is 0.271 e. The van der Waals surface area contributed by atoms with Crippen LogP contribution in [0, 0.1) is 6.92 Å². The molecular weight excluding hydrogens is 298 g/mol. The number of carbonyl (C=O) groups is 1. The Bertz CT molecular complexity index is 751. The Morgan fingerprint density at radius 2 is 2.27 bits per heavy atom. The van der Waals surface area contributed by atoms with Crippen molar-refractivity contribution in [2.24, 2.45) is 0 Å². The zero-order valence-corrected chi connectivity index (χ0v) is 12.9. The molecule has 0 saturated carbocycles. The van der Waals surface area contributed by atoms with Gasteiger partial charge < -0.3 is 9.73 Å². The molecule has 0 atom stereocenters. The van der Waals surface area contributed by atoms with Crippen LogP contribution in [0.1, 0.15) is 20.9 Å². The first-order chi connectivity index (χ1) is 10.7. The van der Waals surface area contributed by atoms with E-state index in [-0.39, 0.29) is 5.91 Å². The third-order valence-electron chi connectivity index (χ3n) is 3.17. The van der Waals surface area contributed by atoms with Crippen molar-refractivity contribution < 1.29 is 9.21 Å². The number of amides is 1. The van der Waals surface area contributed by atoms with Crippen LogP contribution in [-0.2, 0) is 6.42 Å². The average Bonchev–Trinajstić information content (AvgIpc) is 3.17. The number of hydrogen-bond acceptors (Lipinski definition) is 5. The largest absolute Gasteiger partial charge is 0.462 e. The molecule has 0 unspecified atom stereocenters. The molecule has 5 nitrogen and oxygen atoms in total. The van der Waals surface area contributed by atoms with Crippen molar-refractivity contribution in [3.05, 3.63) is 59.1 Å². The van der Waals surface area contributed by atoms with Crippen molar-refractivity contribution in [2.75, 3.05) is 6.54 Å². The summed E-state index contributed by atoms with van der Waals surface area (Å²) in [4.78, 5) is 21.5. The van der Waals surface area contributed by atoms with Gasteiger partial charge >= 0.3 is 0 Å². The normalized spacial score (nSPS) is 10.6. The van der Waals surface area contributed by atoms with Crippen LogP contribution in [0.2, 0.25) is 0 Å². The molecule has 112 valence electrons. The van der Waals surface area contributed by atoms with Gasteiger partial charge in [-0.1, -0.05) is 6.07 Å². The van der Waals surface area contributed by atoms with Crippen LogP contribution >= 0.6 is 11.3 Å². The van der Waals surface area contributed by atoms with Crippen molar-refractivity contribution in [3.8, 4) is 10.8 Å². The second-order valence-electron chi connectivity index (χ2n) is 4.77. The Balaban J connectivity index is 1.63. The summed E-state index contributed by atoms with van der Waals surface area (Å²) in [5, 5.41) is 3.62. The van der Waals surface area contributed by atoms with E-state index in [0.29, 0.717) is 18.0 Å². The highest BCUT2D eigenvalue weighted by molar-refractivity contribution is 7.15. The van der Waals surface area contributed by atoms with E-state index in [1.807, 2.05) is 25.1 Å². The number of furan rings is 1. The van der Waals surface area contributed by atoms with Gasteiger partial charge in [0.15, 0.2) is 10.8 Å². The van der Waals surface area contributed by atoms with E-state index in [0.717, 1.165) is 21.9 Å². The number of pyridine rings is 1. The van der Waals surface area contributed by atoms with Gasteiger partial charge in [0.25, 0.3) is 5.91 Å². The average molecular weight is 313 g/mol. The van der Waals surface area contributed by atoms with E-state index >= 15 is 0 Å². The highest BCUT2D eigenvalue weighted by atomic mass is 32.1. The number of nitrogens with zero attached hydrogens (tertiary/aromatic N) is 2. The van der Waals surface area contributed by atoms with Crippen molar-refractivity contribution in [2.45, 2.75) is 13.3 Å². The van der Waals surface area contributed by atoms with Crippen LogP contribution in [0.4, 0.5) is 0 Å². The lowest BCUT2D eigenvalue weighted by molar-refractivity contribution is 0.0949. The van der Waals surface area contributed by atoms with Crippen LogP contribution < -0.4 is 5.32 Å². The first kappa shape index (κ1) is 14.5. The summed E-state index contributed by atoms with van der Waals surface area (Å²) in [7, 11) is 0. The van der Waals surface area contributed by atoms with E-state index in [1.54, 1.807) is 24.7 Å². The van der Waals surface area contributed by atoms with Gasteiger partial charge in [-0.3, -0.25) is 9.78 Å². The van der Waals surface area contributed by atoms with Gasteiger partial charge in [0.1, 0.15) is 5.69 Å². The highest BCUT2D eigenvalue weighted by Crippen LogP contribution is 2.27. The SMILES string of the molecule is Cc1sc(-c2ccco2)nc1C(=O)NCCc1cccnc1. The quantitative estimate of drug-likeness (QED) is 0.786. The molecule has 0 aliphatic rings. The summed E-state index contributed by atoms with van der Waals surface area (Å²) < 4.78 is 5.32. The van der Waals surface area contributed by atoms with Crippen LogP contribution in [0.15, 0.2) is 47.3 Å². The lowest BCUT2D eigenvalue weighted by Crippen LogP contribution is -2.26. The van der Waals surface area contributed by atoms with Gasteiger partial charge in [-0.15, -0.1) is 11.3 Å². The molecule has 3 rings (SSSR count). The number of carbonyl (C=O) groups excluding carboxylic acids is 1. The van der Waals surface area contributed by atoms with Gasteiger partial charge in [-0.25, -0.2) is 4.98 Å². The Morgan fingerprint density at radius 3 is 3.00 bits per heavy atom. The minimum atomic E-state index is -0.157. The minimum absolute atomic E-state index is 0.157. The molecule has 0 bridgehead atoms. The summed E-state index contributed by atoms with van der Waals surface area (Å²) in [6.07, 6.45) is 5.87. The van der Waals surface area contributed by atoms with E-state index in [4.69, 9.17) is 4.42 Å². The van der Waals surface area contributed by atoms with Crippen molar-refractivity contribution in [3.63, 3.8) is 0 Å². The number of aromatic nitrogens is 2. The van der Waals surface area contributed by atoms with E-state index in [9.17, 15) is 4.79 Å². The lowest BCUT2D eigenvalue weighted by atomic mass is 10.2. The standard InChI is InChI=1S/C16H15N3O2S/c1-11-14(19-16(22-11)13-5-3-9-21-13)15(20)18-8-6-12-4-2-7-17-10-12/h2-5,7,9-10H,6,8H2,1H3,(H,18,20). The number of thiazole rings is 1. The van der Waals surface area contributed by atoms with Crippen molar-refractivity contribution in [1.82, 2.24) is 15.3 Å². The topological polar surface area (TPSA) is 68.0 Å². The maximum absolute atomic E-state index is 12.2. The van der Waals surface area contributed by atoms with Gasteiger partial charge in [-0.05, 0) is 37.1 Å². The summed E-state index contributed by atoms with van der Waals surface area (Å²) in [6, 6.07) is 7.52. The molecule has 0 saturated heterocycles. The number of nitrogens with one attached hydrogen (secondary N) is 1. The minimum Gasteiger partial charge on any atom is -0.462 e. The summed E-state index contributed by atoms with van der Waals surface area (Å²) in [5.41, 5.74) is 1.55. The lowest BCUT2D eigenvalue weighted by Gasteiger charge is -2.03. The van der Waals surface area contributed by atoms with Crippen LogP contribution in [0.25, 0.3) is 10.8 Å². The predicted molar refractivity (Wildman–Crippen MR) is 84.8 cm³/mol. The number of rotatable bonds is 5. The molecule has 6 heteroatoms. The predicted octanol–water partition coefficient (Wildman–Crippen LogP) is 3.08. The Hall–Kier alpha value is -2.47. The fraction of sp³-hybridized carbons (Fsp3) is 0.188. The van der Waals surface area contributed by atoms with Crippen LogP contribution in [0.5, 0.6) is 0 Å². The summed E-state index contributed by atoms with van der Waals surface area (Å²) in [6.45, 7) is 2.44. The molecule has 3 aromatic rings. The van der Waals surface area contributed by atoms with E-state index < -0.39 is 0 Å². The third-order valence-corrected chi connectivity index (χ3v) is 4.15. The van der Waals surface area contributed by atoms with Crippen LogP contribution in [-0.4, -0.2) is 22.4 Å². The molecule has 1 amide bonds. The molecule has 3 aromatic heterocycles. The molecular formula is C16H15N3O2S. The second kappa shape index (κ2) is 6.53. The fourth-order valence-electron chi connectivity index (χ4n) is 2.06. The molecule has 22 heavy (non-hydrogen) atoms. The zero-order valence-electron chi connectivity index (χ0n) is 12.1. The maximum Gasteiger partial charge on any atom is 0.271 e. The molecule has 0 aromatic carbocycles. The Labute approximate surface area is 132 Å². The van der Waals surface area contributed by atoms with Gasteiger partial charge in [0, 0.05) is 23.8 Å². The Kier molecular flexibility index (Phi) is 4.29. The zero-order chi connectivity index (χ0) is 15.4. The monoisotopic (exact) mass is 313 g/mol. The first-order valence-electron chi connectivity index (χ1n) is 6.92. The summed E-state index contributed by atoms with van der Waals surface area (Å²) >= 11 is 1.45. The van der Waals surface area contributed by atoms with Crippen molar-refractivity contribution in [1.29, 1.82) is 0 Å². The number of hydrogen-bond donors (Lipinski definition) is 1. The molecule has 0 aliphatic heterocycles. The Morgan fingerprint density at radius 1 is 1.36 bits per heavy atom. The first-order valence-corrected chi connectivity index (χ1v) is 7.74. The highest BCUT2D eigenvalue weighted by Gasteiger charge is 2.17. The van der Waals surface area contributed by atoms with Crippen molar-refractivity contribution >= 4 is 17.2 Å². The molecule has 0 aliphatic carbocycles. The maximum atomic E-state index is 12.2. The van der Waals surface area contributed by atoms with E-state index in [1.165, 1.54) is 11.3 Å². The van der Waals surface area contributed by atoms with E-state index in [2.05, 4.69) is 15.3 Å². The molecule has 3 heterocycles. The van der Waals surface area contributed by atoms with Crippen LogP contribution in [0.3, 0.4) is 0 Å². The molecule has 0 radical (unpaired) electrons. The summed E-state index contributed by atoms with van der Waals surface area (Å²) in [5.74, 6) is 0.526. The van der Waals surface area contributed by atoms with Gasteiger partial charge in [-0.2, -0.15) is 0 Å². The third kappa shape index (κ3) is 3.23. The molecule has 0 fully saturated rings. The van der Waals surface area contributed by atoms with Gasteiger partial charge in [0.2, 0.25) is 0 Å². The fourth-order valence-corrected chi connectivity index (χ4v) is 2.94. The van der Waals surface area contributed by atoms with Gasteiger partial charge in [0.05, 0.1) is 6.26 Å². The molecule has 0 spiro atoms.